The molecule has 5 heteroatoms. The van der Waals surface area contributed by atoms with Crippen LogP contribution in [0, 0.1) is 5.92 Å². The zero-order valence-electron chi connectivity index (χ0n) is 11.3. The smallest absolute Gasteiger partial charge is 0.303 e. The normalized spacial score (nSPS) is 18.9. The van der Waals surface area contributed by atoms with E-state index >= 15 is 0 Å². The summed E-state index contributed by atoms with van der Waals surface area (Å²) in [5, 5.41) is 17.8. The molecule has 0 spiro atoms. The SMILES string of the molecule is O=C(O)CC1CCCN(C(=O)c2ccc(CO)cc2)C1. The fourth-order valence-electron chi connectivity index (χ4n) is 2.60. The summed E-state index contributed by atoms with van der Waals surface area (Å²) in [5.41, 5.74) is 1.35. The maximum Gasteiger partial charge on any atom is 0.303 e. The topological polar surface area (TPSA) is 77.8 Å². The number of aliphatic hydroxyl groups is 1. The Bertz CT molecular complexity index is 483. The zero-order valence-corrected chi connectivity index (χ0v) is 11.3. The Kier molecular flexibility index (Phi) is 4.74. The summed E-state index contributed by atoms with van der Waals surface area (Å²) >= 11 is 0. The summed E-state index contributed by atoms with van der Waals surface area (Å²) in [7, 11) is 0. The molecule has 0 aliphatic carbocycles. The molecule has 1 aliphatic heterocycles. The number of nitrogens with zero attached hydrogens (tertiary/aromatic N) is 1. The molecule has 108 valence electrons. The van der Waals surface area contributed by atoms with Crippen molar-refractivity contribution in [2.45, 2.75) is 25.9 Å². The second-order valence-corrected chi connectivity index (χ2v) is 5.21. The highest BCUT2D eigenvalue weighted by Crippen LogP contribution is 2.21. The van der Waals surface area contributed by atoms with Crippen molar-refractivity contribution in [2.24, 2.45) is 5.92 Å². The van der Waals surface area contributed by atoms with Crippen LogP contribution in [0.15, 0.2) is 24.3 Å². The van der Waals surface area contributed by atoms with Crippen LogP contribution in [0.25, 0.3) is 0 Å². The lowest BCUT2D eigenvalue weighted by atomic mass is 9.94. The largest absolute Gasteiger partial charge is 0.481 e. The van der Waals surface area contributed by atoms with E-state index in [1.807, 2.05) is 0 Å². The van der Waals surface area contributed by atoms with Gasteiger partial charge in [-0.3, -0.25) is 9.59 Å². The number of carboxylic acid groups (broad SMARTS) is 1. The highest BCUT2D eigenvalue weighted by molar-refractivity contribution is 5.94. The van der Waals surface area contributed by atoms with E-state index in [1.54, 1.807) is 29.2 Å². The van der Waals surface area contributed by atoms with Crippen LogP contribution in [0.2, 0.25) is 0 Å². The lowest BCUT2D eigenvalue weighted by molar-refractivity contribution is -0.138. The van der Waals surface area contributed by atoms with Crippen LogP contribution in [0.5, 0.6) is 0 Å². The molecule has 1 saturated heterocycles. The number of piperidine rings is 1. The van der Waals surface area contributed by atoms with Crippen LogP contribution in [-0.2, 0) is 11.4 Å². The van der Waals surface area contributed by atoms with Gasteiger partial charge in [0, 0.05) is 25.1 Å². The number of amides is 1. The second kappa shape index (κ2) is 6.52. The van der Waals surface area contributed by atoms with E-state index in [2.05, 4.69) is 0 Å². The minimum absolute atomic E-state index is 0.0428. The van der Waals surface area contributed by atoms with E-state index in [4.69, 9.17) is 10.2 Å². The standard InChI is InChI=1S/C15H19NO4/c17-10-11-3-5-13(6-4-11)15(20)16-7-1-2-12(9-16)8-14(18)19/h3-6,12,17H,1-2,7-10H2,(H,18,19). The molecule has 2 N–H and O–H groups in total. The molecule has 0 saturated carbocycles. The quantitative estimate of drug-likeness (QED) is 0.874. The number of aliphatic hydroxyl groups excluding tert-OH is 1. The molecule has 20 heavy (non-hydrogen) atoms. The summed E-state index contributed by atoms with van der Waals surface area (Å²) in [4.78, 5) is 24.8. The molecular formula is C15H19NO4. The Morgan fingerprint density at radius 3 is 2.55 bits per heavy atom. The zero-order chi connectivity index (χ0) is 14.5. The monoisotopic (exact) mass is 277 g/mol. The number of carbonyl (C=O) groups is 2. The van der Waals surface area contributed by atoms with Crippen molar-refractivity contribution in [1.82, 2.24) is 4.90 Å². The predicted molar refractivity (Wildman–Crippen MR) is 73.2 cm³/mol. The fourth-order valence-corrected chi connectivity index (χ4v) is 2.60. The number of hydrogen-bond donors (Lipinski definition) is 2. The van der Waals surface area contributed by atoms with Gasteiger partial charge >= 0.3 is 5.97 Å². The van der Waals surface area contributed by atoms with E-state index in [-0.39, 0.29) is 24.9 Å². The number of rotatable bonds is 4. The minimum Gasteiger partial charge on any atom is -0.481 e. The summed E-state index contributed by atoms with van der Waals surface area (Å²) < 4.78 is 0. The maximum atomic E-state index is 12.3. The molecule has 1 aliphatic rings. The van der Waals surface area contributed by atoms with Gasteiger partial charge in [-0.2, -0.15) is 0 Å². The predicted octanol–water partition coefficient (Wildman–Crippen LogP) is 1.51. The number of carbonyl (C=O) groups excluding carboxylic acids is 1. The van der Waals surface area contributed by atoms with Gasteiger partial charge in [0.25, 0.3) is 5.91 Å². The summed E-state index contributed by atoms with van der Waals surface area (Å²) in [6.45, 7) is 1.14. The fraction of sp³-hybridized carbons (Fsp3) is 0.467. The van der Waals surface area contributed by atoms with Crippen molar-refractivity contribution in [3.8, 4) is 0 Å². The molecule has 1 unspecified atom stereocenters. The first-order valence-corrected chi connectivity index (χ1v) is 6.81. The van der Waals surface area contributed by atoms with Crippen LogP contribution in [-0.4, -0.2) is 40.1 Å². The highest BCUT2D eigenvalue weighted by Gasteiger charge is 2.25. The molecule has 5 nitrogen and oxygen atoms in total. The van der Waals surface area contributed by atoms with Crippen molar-refractivity contribution in [2.75, 3.05) is 13.1 Å². The van der Waals surface area contributed by atoms with Crippen LogP contribution in [0.1, 0.15) is 35.2 Å². The molecule has 2 rings (SSSR count). The number of benzene rings is 1. The molecule has 1 atom stereocenters. The van der Waals surface area contributed by atoms with Crippen LogP contribution < -0.4 is 0 Å². The molecule has 0 radical (unpaired) electrons. The van der Waals surface area contributed by atoms with Gasteiger partial charge in [0.05, 0.1) is 6.61 Å². The highest BCUT2D eigenvalue weighted by atomic mass is 16.4. The molecule has 1 heterocycles. The van der Waals surface area contributed by atoms with Crippen molar-refractivity contribution in [1.29, 1.82) is 0 Å². The van der Waals surface area contributed by atoms with Crippen LogP contribution >= 0.6 is 0 Å². The Labute approximate surface area is 117 Å². The van der Waals surface area contributed by atoms with Crippen molar-refractivity contribution in [3.63, 3.8) is 0 Å². The summed E-state index contributed by atoms with van der Waals surface area (Å²) in [6.07, 6.45) is 1.82. The van der Waals surface area contributed by atoms with E-state index in [0.717, 1.165) is 18.4 Å². The lowest BCUT2D eigenvalue weighted by Crippen LogP contribution is -2.40. The first-order chi connectivity index (χ1) is 9.60. The van der Waals surface area contributed by atoms with Gasteiger partial charge in [-0.1, -0.05) is 12.1 Å². The Morgan fingerprint density at radius 2 is 1.95 bits per heavy atom. The molecule has 0 bridgehead atoms. The average Bonchev–Trinajstić information content (AvgIpc) is 2.46. The minimum atomic E-state index is -0.809. The van der Waals surface area contributed by atoms with Crippen molar-refractivity contribution in [3.05, 3.63) is 35.4 Å². The van der Waals surface area contributed by atoms with Crippen LogP contribution in [0.3, 0.4) is 0 Å². The molecular weight excluding hydrogens is 258 g/mol. The van der Waals surface area contributed by atoms with Gasteiger partial charge in [0.2, 0.25) is 0 Å². The van der Waals surface area contributed by atoms with Gasteiger partial charge in [0.15, 0.2) is 0 Å². The Morgan fingerprint density at radius 1 is 1.25 bits per heavy atom. The Balaban J connectivity index is 2.02. The molecule has 1 fully saturated rings. The molecule has 1 aromatic carbocycles. The van der Waals surface area contributed by atoms with Gasteiger partial charge in [-0.05, 0) is 36.5 Å². The van der Waals surface area contributed by atoms with E-state index in [0.29, 0.717) is 18.7 Å². The van der Waals surface area contributed by atoms with Gasteiger partial charge in [0.1, 0.15) is 0 Å². The number of likely N-dealkylation sites (tertiary alicyclic amines) is 1. The molecule has 0 aromatic heterocycles. The lowest BCUT2D eigenvalue weighted by Gasteiger charge is -2.32. The third-order valence-corrected chi connectivity index (χ3v) is 3.65. The molecule has 1 amide bonds. The number of carboxylic acids is 1. The summed E-state index contributed by atoms with van der Waals surface area (Å²) in [5.74, 6) is -0.830. The Hall–Kier alpha value is -1.88. The first kappa shape index (κ1) is 14.5. The number of aliphatic carboxylic acids is 1. The van der Waals surface area contributed by atoms with E-state index in [1.165, 1.54) is 0 Å². The average molecular weight is 277 g/mol. The number of hydrogen-bond acceptors (Lipinski definition) is 3. The van der Waals surface area contributed by atoms with Gasteiger partial charge in [-0.25, -0.2) is 0 Å². The maximum absolute atomic E-state index is 12.3. The van der Waals surface area contributed by atoms with E-state index < -0.39 is 5.97 Å². The van der Waals surface area contributed by atoms with Gasteiger partial charge < -0.3 is 15.1 Å². The molecule has 1 aromatic rings. The van der Waals surface area contributed by atoms with Crippen LogP contribution in [0.4, 0.5) is 0 Å². The van der Waals surface area contributed by atoms with Crippen molar-refractivity contribution >= 4 is 11.9 Å². The first-order valence-electron chi connectivity index (χ1n) is 6.81. The van der Waals surface area contributed by atoms with Gasteiger partial charge in [-0.15, -0.1) is 0 Å². The van der Waals surface area contributed by atoms with E-state index in [9.17, 15) is 9.59 Å². The van der Waals surface area contributed by atoms with Crippen molar-refractivity contribution < 1.29 is 19.8 Å². The summed E-state index contributed by atoms with van der Waals surface area (Å²) in [6, 6.07) is 6.86. The second-order valence-electron chi connectivity index (χ2n) is 5.21. The third kappa shape index (κ3) is 3.57. The third-order valence-electron chi connectivity index (χ3n) is 3.65.